The van der Waals surface area contributed by atoms with Crippen molar-refractivity contribution >= 4 is 11.0 Å². The van der Waals surface area contributed by atoms with Gasteiger partial charge in [-0.1, -0.05) is 6.08 Å². The third-order valence-corrected chi connectivity index (χ3v) is 2.91. The summed E-state index contributed by atoms with van der Waals surface area (Å²) in [6.45, 7) is 6.02. The van der Waals surface area contributed by atoms with Gasteiger partial charge in [-0.15, -0.1) is 6.58 Å². The highest BCUT2D eigenvalue weighted by Gasteiger charge is 2.07. The number of aliphatic hydroxyl groups excluding tert-OH is 1. The van der Waals surface area contributed by atoms with Gasteiger partial charge in [0.15, 0.2) is 0 Å². The average molecular weight is 290 g/mol. The molecule has 5 heteroatoms. The lowest BCUT2D eigenvalue weighted by Crippen LogP contribution is -2.23. The van der Waals surface area contributed by atoms with Crippen molar-refractivity contribution in [2.75, 3.05) is 19.8 Å². The highest BCUT2D eigenvalue weighted by Crippen LogP contribution is 2.22. The molecule has 0 amide bonds. The Morgan fingerprint density at radius 1 is 1.38 bits per heavy atom. The molecule has 0 bridgehead atoms. The molecule has 1 aromatic heterocycles. The molecule has 112 valence electrons. The van der Waals surface area contributed by atoms with E-state index in [0.717, 1.165) is 10.9 Å². The van der Waals surface area contributed by atoms with Crippen LogP contribution in [-0.4, -0.2) is 31.0 Å². The van der Waals surface area contributed by atoms with Gasteiger partial charge in [-0.05, 0) is 24.6 Å². The second-order valence-electron chi connectivity index (χ2n) is 4.70. The number of rotatable bonds is 7. The highest BCUT2D eigenvalue weighted by molar-refractivity contribution is 5.81. The van der Waals surface area contributed by atoms with Crippen LogP contribution in [0.1, 0.15) is 5.56 Å². The molecule has 0 fully saturated rings. The predicted molar refractivity (Wildman–Crippen MR) is 79.7 cm³/mol. The number of fused-ring (bicyclic) bond motifs is 1. The summed E-state index contributed by atoms with van der Waals surface area (Å²) in [6.07, 6.45) is 0.881. The fourth-order valence-corrected chi connectivity index (χ4v) is 1.92. The molecular formula is C16H18O5. The van der Waals surface area contributed by atoms with Crippen molar-refractivity contribution in [1.82, 2.24) is 0 Å². The zero-order valence-corrected chi connectivity index (χ0v) is 11.9. The molecule has 0 aliphatic carbocycles. The van der Waals surface area contributed by atoms with Crippen molar-refractivity contribution in [3.8, 4) is 5.75 Å². The third-order valence-electron chi connectivity index (χ3n) is 2.91. The van der Waals surface area contributed by atoms with Crippen LogP contribution in [0.4, 0.5) is 0 Å². The van der Waals surface area contributed by atoms with Gasteiger partial charge in [-0.25, -0.2) is 4.79 Å². The van der Waals surface area contributed by atoms with Crippen LogP contribution < -0.4 is 10.4 Å². The minimum Gasteiger partial charge on any atom is -0.491 e. The van der Waals surface area contributed by atoms with E-state index in [2.05, 4.69) is 6.58 Å². The Morgan fingerprint density at radius 2 is 2.19 bits per heavy atom. The van der Waals surface area contributed by atoms with Crippen molar-refractivity contribution < 1.29 is 19.0 Å². The highest BCUT2D eigenvalue weighted by atomic mass is 16.5. The second-order valence-corrected chi connectivity index (χ2v) is 4.70. The van der Waals surface area contributed by atoms with E-state index in [1.807, 2.05) is 13.0 Å². The van der Waals surface area contributed by atoms with Crippen LogP contribution in [0.3, 0.4) is 0 Å². The van der Waals surface area contributed by atoms with Crippen LogP contribution in [0.25, 0.3) is 11.0 Å². The van der Waals surface area contributed by atoms with Crippen LogP contribution in [-0.2, 0) is 4.74 Å². The van der Waals surface area contributed by atoms with Crippen LogP contribution in [0.5, 0.6) is 5.75 Å². The molecule has 1 unspecified atom stereocenters. The van der Waals surface area contributed by atoms with Gasteiger partial charge in [0.05, 0.1) is 13.2 Å². The maximum Gasteiger partial charge on any atom is 0.336 e. The maximum atomic E-state index is 11.4. The summed E-state index contributed by atoms with van der Waals surface area (Å²) >= 11 is 0. The van der Waals surface area contributed by atoms with Gasteiger partial charge < -0.3 is 19.0 Å². The maximum absolute atomic E-state index is 11.4. The first-order valence-electron chi connectivity index (χ1n) is 6.64. The molecule has 1 atom stereocenters. The normalized spacial score (nSPS) is 12.3. The lowest BCUT2D eigenvalue weighted by Gasteiger charge is -2.12. The Balaban J connectivity index is 2.02. The van der Waals surface area contributed by atoms with Crippen LogP contribution in [0.15, 0.2) is 46.1 Å². The largest absolute Gasteiger partial charge is 0.491 e. The van der Waals surface area contributed by atoms with Crippen molar-refractivity contribution in [3.63, 3.8) is 0 Å². The first-order valence-corrected chi connectivity index (χ1v) is 6.64. The zero-order valence-electron chi connectivity index (χ0n) is 11.9. The monoisotopic (exact) mass is 290 g/mol. The third kappa shape index (κ3) is 4.18. The summed E-state index contributed by atoms with van der Waals surface area (Å²) in [5, 5.41) is 10.5. The van der Waals surface area contributed by atoms with Gasteiger partial charge in [0.1, 0.15) is 24.0 Å². The van der Waals surface area contributed by atoms with E-state index in [1.54, 1.807) is 18.2 Å². The lowest BCUT2D eigenvalue weighted by molar-refractivity contribution is 0.0214. The fraction of sp³-hybridized carbons (Fsp3) is 0.312. The topological polar surface area (TPSA) is 68.9 Å². The minimum absolute atomic E-state index is 0.0959. The van der Waals surface area contributed by atoms with E-state index in [1.165, 1.54) is 6.07 Å². The van der Waals surface area contributed by atoms with Crippen molar-refractivity contribution in [2.24, 2.45) is 0 Å². The molecule has 0 radical (unpaired) electrons. The molecule has 21 heavy (non-hydrogen) atoms. The standard InChI is InChI=1S/C16H18O5/c1-3-6-19-9-12(17)10-20-13-4-5-14-11(2)7-16(18)21-15(14)8-13/h3-5,7-8,12,17H,1,6,9-10H2,2H3. The van der Waals surface area contributed by atoms with Crippen LogP contribution in [0.2, 0.25) is 0 Å². The number of ether oxygens (including phenoxy) is 2. The van der Waals surface area contributed by atoms with Crippen LogP contribution >= 0.6 is 0 Å². The van der Waals surface area contributed by atoms with E-state index >= 15 is 0 Å². The second kappa shape index (κ2) is 7.06. The summed E-state index contributed by atoms with van der Waals surface area (Å²) in [5.41, 5.74) is 0.926. The number of benzene rings is 1. The van der Waals surface area contributed by atoms with E-state index in [4.69, 9.17) is 13.9 Å². The lowest BCUT2D eigenvalue weighted by atomic mass is 10.1. The molecule has 0 aliphatic rings. The molecule has 0 aliphatic heterocycles. The molecule has 0 saturated carbocycles. The summed E-state index contributed by atoms with van der Waals surface area (Å²) < 4.78 is 15.7. The van der Waals surface area contributed by atoms with E-state index in [0.29, 0.717) is 17.9 Å². The molecule has 0 spiro atoms. The first-order chi connectivity index (χ1) is 10.1. The number of hydrogen-bond donors (Lipinski definition) is 1. The van der Waals surface area contributed by atoms with E-state index in [9.17, 15) is 9.90 Å². The van der Waals surface area contributed by atoms with Gasteiger partial charge in [0, 0.05) is 17.5 Å². The molecule has 5 nitrogen and oxygen atoms in total. The minimum atomic E-state index is -0.731. The van der Waals surface area contributed by atoms with Gasteiger partial charge in [0.25, 0.3) is 0 Å². The van der Waals surface area contributed by atoms with Crippen molar-refractivity contribution in [1.29, 1.82) is 0 Å². The van der Waals surface area contributed by atoms with E-state index in [-0.39, 0.29) is 13.2 Å². The molecule has 1 N–H and O–H groups in total. The predicted octanol–water partition coefficient (Wildman–Crippen LogP) is 2.04. The van der Waals surface area contributed by atoms with Gasteiger partial charge in [-0.3, -0.25) is 0 Å². The molecule has 0 saturated heterocycles. The quantitative estimate of drug-likeness (QED) is 0.480. The summed E-state index contributed by atoms with van der Waals surface area (Å²) in [5.74, 6) is 0.527. The van der Waals surface area contributed by atoms with Gasteiger partial charge in [0.2, 0.25) is 0 Å². The average Bonchev–Trinajstić information content (AvgIpc) is 2.45. The number of aliphatic hydroxyl groups is 1. The SMILES string of the molecule is C=CCOCC(O)COc1ccc2c(C)cc(=O)oc2c1. The molecule has 1 aromatic carbocycles. The Kier molecular flexibility index (Phi) is 5.14. The summed E-state index contributed by atoms with van der Waals surface area (Å²) in [7, 11) is 0. The fourth-order valence-electron chi connectivity index (χ4n) is 1.92. The Labute approximate surface area is 122 Å². The molecule has 2 rings (SSSR count). The zero-order chi connectivity index (χ0) is 15.2. The Hall–Kier alpha value is -2.11. The van der Waals surface area contributed by atoms with Gasteiger partial charge >= 0.3 is 5.63 Å². The summed E-state index contributed by atoms with van der Waals surface area (Å²) in [6, 6.07) is 6.68. The Morgan fingerprint density at radius 3 is 2.95 bits per heavy atom. The molecule has 2 aromatic rings. The first kappa shape index (κ1) is 15.3. The van der Waals surface area contributed by atoms with Gasteiger partial charge in [-0.2, -0.15) is 0 Å². The molecular weight excluding hydrogens is 272 g/mol. The molecule has 1 heterocycles. The Bertz CT molecular complexity index is 674. The van der Waals surface area contributed by atoms with Crippen molar-refractivity contribution in [2.45, 2.75) is 13.0 Å². The van der Waals surface area contributed by atoms with E-state index < -0.39 is 11.7 Å². The summed E-state index contributed by atoms with van der Waals surface area (Å²) in [4.78, 5) is 11.4. The number of hydrogen-bond acceptors (Lipinski definition) is 5. The number of aryl methyl sites for hydroxylation is 1. The smallest absolute Gasteiger partial charge is 0.336 e. The van der Waals surface area contributed by atoms with Crippen LogP contribution in [0, 0.1) is 6.92 Å². The van der Waals surface area contributed by atoms with Crippen molar-refractivity contribution in [3.05, 3.63) is 52.9 Å².